The molecule has 0 unspecified atom stereocenters. The van der Waals surface area contributed by atoms with Crippen LogP contribution >= 0.6 is 0 Å². The average Bonchev–Trinajstić information content (AvgIpc) is 2.27. The number of hydrogen-bond acceptors (Lipinski definition) is 3. The maximum Gasteiger partial charge on any atom is 0.335 e. The van der Waals surface area contributed by atoms with Crippen molar-refractivity contribution >= 4 is 28.6 Å². The molecule has 1 aromatic heterocycles. The van der Waals surface area contributed by atoms with E-state index in [1.54, 1.807) is 24.3 Å². The smallest absolute Gasteiger partial charge is 0.335 e. The van der Waals surface area contributed by atoms with Crippen molar-refractivity contribution in [1.82, 2.24) is 4.98 Å². The number of carbonyl (C=O) groups is 2. The number of aromatic carboxylic acids is 1. The number of carbonyl (C=O) groups excluding carboxylic acids is 1. The molecule has 0 atom stereocenters. The van der Waals surface area contributed by atoms with Gasteiger partial charge in [-0.1, -0.05) is 0 Å². The van der Waals surface area contributed by atoms with E-state index in [1.165, 1.54) is 13.0 Å². The second-order valence-electron chi connectivity index (χ2n) is 3.59. The molecule has 2 rings (SSSR count). The topological polar surface area (TPSA) is 79.3 Å². The summed E-state index contributed by atoms with van der Waals surface area (Å²) in [5, 5.41) is 12.1. The molecule has 2 N–H and O–H groups in total. The van der Waals surface area contributed by atoms with Gasteiger partial charge < -0.3 is 10.4 Å². The van der Waals surface area contributed by atoms with Gasteiger partial charge in [-0.15, -0.1) is 0 Å². The number of amides is 1. The zero-order chi connectivity index (χ0) is 12.4. The van der Waals surface area contributed by atoms with E-state index >= 15 is 0 Å². The monoisotopic (exact) mass is 230 g/mol. The van der Waals surface area contributed by atoms with Crippen molar-refractivity contribution in [3.8, 4) is 0 Å². The van der Waals surface area contributed by atoms with Gasteiger partial charge in [-0.2, -0.15) is 0 Å². The number of carboxylic acid groups (broad SMARTS) is 1. The first-order valence-electron chi connectivity index (χ1n) is 4.98. The van der Waals surface area contributed by atoms with E-state index in [0.29, 0.717) is 11.3 Å². The molecule has 17 heavy (non-hydrogen) atoms. The van der Waals surface area contributed by atoms with Crippen LogP contribution in [-0.2, 0) is 4.79 Å². The SMILES string of the molecule is CC(=O)Nc1ccc2cc(C(=O)O)ccc2n1. The van der Waals surface area contributed by atoms with Crippen molar-refractivity contribution in [2.45, 2.75) is 6.92 Å². The van der Waals surface area contributed by atoms with Gasteiger partial charge in [0.2, 0.25) is 5.91 Å². The number of anilines is 1. The highest BCUT2D eigenvalue weighted by Crippen LogP contribution is 2.17. The lowest BCUT2D eigenvalue weighted by Crippen LogP contribution is -2.07. The fourth-order valence-corrected chi connectivity index (χ4v) is 1.51. The molecule has 0 radical (unpaired) electrons. The molecule has 2 aromatic rings. The summed E-state index contributed by atoms with van der Waals surface area (Å²) in [5.41, 5.74) is 0.854. The molecular formula is C12H10N2O3. The van der Waals surface area contributed by atoms with E-state index in [-0.39, 0.29) is 11.5 Å². The number of rotatable bonds is 2. The Morgan fingerprint density at radius 1 is 1.24 bits per heavy atom. The van der Waals surface area contributed by atoms with Gasteiger partial charge in [-0.25, -0.2) is 9.78 Å². The minimum atomic E-state index is -0.974. The fraction of sp³-hybridized carbons (Fsp3) is 0.0833. The molecule has 0 aliphatic rings. The third kappa shape index (κ3) is 2.39. The van der Waals surface area contributed by atoms with Gasteiger partial charge in [0.25, 0.3) is 0 Å². The summed E-state index contributed by atoms with van der Waals surface area (Å²) >= 11 is 0. The first kappa shape index (κ1) is 11.1. The number of benzene rings is 1. The maximum absolute atomic E-state index is 10.9. The molecule has 0 bridgehead atoms. The Bertz CT molecular complexity index is 608. The van der Waals surface area contributed by atoms with Gasteiger partial charge in [0.15, 0.2) is 0 Å². The van der Waals surface area contributed by atoms with Gasteiger partial charge in [0.05, 0.1) is 11.1 Å². The van der Waals surface area contributed by atoms with Crippen LogP contribution < -0.4 is 5.32 Å². The summed E-state index contributed by atoms with van der Waals surface area (Å²) in [6.07, 6.45) is 0. The van der Waals surface area contributed by atoms with Crippen LogP contribution in [-0.4, -0.2) is 22.0 Å². The van der Waals surface area contributed by atoms with Gasteiger partial charge >= 0.3 is 5.97 Å². The van der Waals surface area contributed by atoms with Crippen LogP contribution in [0.5, 0.6) is 0 Å². The highest BCUT2D eigenvalue weighted by atomic mass is 16.4. The van der Waals surface area contributed by atoms with Crippen molar-refractivity contribution in [1.29, 1.82) is 0 Å². The normalized spacial score (nSPS) is 10.2. The van der Waals surface area contributed by atoms with E-state index in [0.717, 1.165) is 5.39 Å². The molecule has 5 nitrogen and oxygen atoms in total. The van der Waals surface area contributed by atoms with Crippen molar-refractivity contribution in [2.75, 3.05) is 5.32 Å². The van der Waals surface area contributed by atoms with E-state index in [1.807, 2.05) is 0 Å². The number of hydrogen-bond donors (Lipinski definition) is 2. The predicted molar refractivity (Wildman–Crippen MR) is 63.0 cm³/mol. The number of nitrogens with one attached hydrogen (secondary N) is 1. The van der Waals surface area contributed by atoms with Crippen LogP contribution in [0.25, 0.3) is 10.9 Å². The molecule has 1 aromatic carbocycles. The summed E-state index contributed by atoms with van der Waals surface area (Å²) in [4.78, 5) is 25.8. The number of fused-ring (bicyclic) bond motifs is 1. The Kier molecular flexibility index (Phi) is 2.74. The Labute approximate surface area is 97.1 Å². The van der Waals surface area contributed by atoms with Crippen LogP contribution in [0.1, 0.15) is 17.3 Å². The summed E-state index contributed by atoms with van der Waals surface area (Å²) in [7, 11) is 0. The standard InChI is InChI=1S/C12H10N2O3/c1-7(15)13-11-5-3-8-6-9(12(16)17)2-4-10(8)14-11/h2-6H,1H3,(H,16,17)(H,13,14,15). The molecule has 1 amide bonds. The van der Waals surface area contributed by atoms with Gasteiger partial charge in [0.1, 0.15) is 5.82 Å². The Balaban J connectivity index is 2.46. The van der Waals surface area contributed by atoms with Crippen LogP contribution in [0, 0.1) is 0 Å². The van der Waals surface area contributed by atoms with Crippen molar-refractivity contribution in [3.63, 3.8) is 0 Å². The average molecular weight is 230 g/mol. The molecule has 86 valence electrons. The maximum atomic E-state index is 10.9. The van der Waals surface area contributed by atoms with Crippen molar-refractivity contribution < 1.29 is 14.7 Å². The minimum Gasteiger partial charge on any atom is -0.478 e. The molecule has 0 saturated carbocycles. The summed E-state index contributed by atoms with van der Waals surface area (Å²) in [6, 6.07) is 8.00. The van der Waals surface area contributed by atoms with E-state index < -0.39 is 5.97 Å². The highest BCUT2D eigenvalue weighted by Gasteiger charge is 2.05. The van der Waals surface area contributed by atoms with Crippen LogP contribution in [0.4, 0.5) is 5.82 Å². The van der Waals surface area contributed by atoms with Crippen LogP contribution in [0.2, 0.25) is 0 Å². The lowest BCUT2D eigenvalue weighted by Gasteiger charge is -2.03. The number of nitrogens with zero attached hydrogens (tertiary/aromatic N) is 1. The van der Waals surface area contributed by atoms with Crippen LogP contribution in [0.3, 0.4) is 0 Å². The lowest BCUT2D eigenvalue weighted by atomic mass is 10.1. The quantitative estimate of drug-likeness (QED) is 0.825. The minimum absolute atomic E-state index is 0.195. The number of carboxylic acids is 1. The van der Waals surface area contributed by atoms with Crippen LogP contribution in [0.15, 0.2) is 30.3 Å². The second-order valence-corrected chi connectivity index (χ2v) is 3.59. The van der Waals surface area contributed by atoms with E-state index in [2.05, 4.69) is 10.3 Å². The molecule has 0 aliphatic heterocycles. The number of aromatic nitrogens is 1. The zero-order valence-electron chi connectivity index (χ0n) is 9.10. The lowest BCUT2D eigenvalue weighted by molar-refractivity contribution is -0.114. The first-order chi connectivity index (χ1) is 8.06. The molecule has 0 fully saturated rings. The van der Waals surface area contributed by atoms with Crippen molar-refractivity contribution in [3.05, 3.63) is 35.9 Å². The third-order valence-corrected chi connectivity index (χ3v) is 2.24. The van der Waals surface area contributed by atoms with Gasteiger partial charge in [-0.05, 0) is 30.3 Å². The molecule has 5 heteroatoms. The van der Waals surface area contributed by atoms with E-state index in [4.69, 9.17) is 5.11 Å². The van der Waals surface area contributed by atoms with Gasteiger partial charge in [-0.3, -0.25) is 4.79 Å². The Morgan fingerprint density at radius 2 is 2.00 bits per heavy atom. The Morgan fingerprint density at radius 3 is 2.65 bits per heavy atom. The Hall–Kier alpha value is -2.43. The van der Waals surface area contributed by atoms with Gasteiger partial charge in [0, 0.05) is 12.3 Å². The highest BCUT2D eigenvalue weighted by molar-refractivity contribution is 5.94. The van der Waals surface area contributed by atoms with E-state index in [9.17, 15) is 9.59 Å². The molecular weight excluding hydrogens is 220 g/mol. The molecule has 0 aliphatic carbocycles. The third-order valence-electron chi connectivity index (χ3n) is 2.24. The largest absolute Gasteiger partial charge is 0.478 e. The predicted octanol–water partition coefficient (Wildman–Crippen LogP) is 1.89. The second kappa shape index (κ2) is 4.21. The molecule has 1 heterocycles. The molecule has 0 saturated heterocycles. The fourth-order valence-electron chi connectivity index (χ4n) is 1.51. The zero-order valence-corrected chi connectivity index (χ0v) is 9.10. The molecule has 0 spiro atoms. The summed E-state index contributed by atoms with van der Waals surface area (Å²) in [5.74, 6) is -0.718. The number of pyridine rings is 1. The summed E-state index contributed by atoms with van der Waals surface area (Å²) in [6.45, 7) is 1.40. The summed E-state index contributed by atoms with van der Waals surface area (Å²) < 4.78 is 0. The first-order valence-corrected chi connectivity index (χ1v) is 4.98. The van der Waals surface area contributed by atoms with Crippen molar-refractivity contribution in [2.24, 2.45) is 0 Å².